The van der Waals surface area contributed by atoms with Gasteiger partial charge in [-0.25, -0.2) is 0 Å². The summed E-state index contributed by atoms with van der Waals surface area (Å²) in [6, 6.07) is 9.56. The summed E-state index contributed by atoms with van der Waals surface area (Å²) in [4.78, 5) is 13.5. The van der Waals surface area contributed by atoms with Crippen molar-refractivity contribution in [3.05, 3.63) is 49.4 Å². The Morgan fingerprint density at radius 3 is 2.88 bits per heavy atom. The number of fused-ring (bicyclic) bond motifs is 1. The van der Waals surface area contributed by atoms with Gasteiger partial charge >= 0.3 is 0 Å². The Labute approximate surface area is 163 Å². The fraction of sp³-hybridized carbons (Fsp3) is 0.235. The van der Waals surface area contributed by atoms with Crippen LogP contribution in [0.3, 0.4) is 0 Å². The van der Waals surface area contributed by atoms with Crippen LogP contribution in [0.5, 0.6) is 0 Å². The second kappa shape index (κ2) is 7.59. The van der Waals surface area contributed by atoms with E-state index in [1.165, 1.54) is 4.88 Å². The van der Waals surface area contributed by atoms with E-state index in [1.807, 2.05) is 12.1 Å². The van der Waals surface area contributed by atoms with Gasteiger partial charge in [-0.05, 0) is 84.3 Å². The zero-order valence-electron chi connectivity index (χ0n) is 12.7. The molecule has 1 aromatic heterocycles. The lowest BCUT2D eigenvalue weighted by molar-refractivity contribution is 0.0977. The summed E-state index contributed by atoms with van der Waals surface area (Å²) in [5.74, 6) is -0.258. The van der Waals surface area contributed by atoms with Crippen LogP contribution in [-0.2, 0) is 12.8 Å². The fourth-order valence-electron chi connectivity index (χ4n) is 2.71. The van der Waals surface area contributed by atoms with Crippen LogP contribution in [0.2, 0.25) is 0 Å². The van der Waals surface area contributed by atoms with Crippen molar-refractivity contribution >= 4 is 62.2 Å². The highest BCUT2D eigenvalue weighted by Crippen LogP contribution is 2.37. The zero-order chi connectivity index (χ0) is 17.1. The Morgan fingerprint density at radius 1 is 1.33 bits per heavy atom. The normalized spacial score (nSPS) is 12.8. The molecule has 1 aliphatic rings. The monoisotopic (exact) mass is 467 g/mol. The third kappa shape index (κ3) is 3.77. The minimum absolute atomic E-state index is 0.217. The van der Waals surface area contributed by atoms with Crippen molar-refractivity contribution in [3.63, 3.8) is 0 Å². The molecule has 0 radical (unpaired) electrons. The molecule has 0 spiro atoms. The molecule has 4 nitrogen and oxygen atoms in total. The molecule has 0 saturated heterocycles. The van der Waals surface area contributed by atoms with Crippen LogP contribution in [0, 0.1) is 14.9 Å². The first-order valence-corrected chi connectivity index (χ1v) is 9.81. The Hall–Kier alpha value is -1.50. The Balaban J connectivity index is 1.72. The van der Waals surface area contributed by atoms with Gasteiger partial charge < -0.3 is 5.32 Å². The van der Waals surface area contributed by atoms with Crippen molar-refractivity contribution in [3.8, 4) is 6.07 Å². The largest absolute Gasteiger partial charge is 0.323 e. The number of aryl methyl sites for hydroxylation is 1. The smallest absolute Gasteiger partial charge is 0.257 e. The lowest BCUT2D eigenvalue weighted by Crippen LogP contribution is -2.34. The van der Waals surface area contributed by atoms with Crippen molar-refractivity contribution < 1.29 is 4.79 Å². The predicted molar refractivity (Wildman–Crippen MR) is 109 cm³/mol. The highest BCUT2D eigenvalue weighted by atomic mass is 127. The molecule has 2 aromatic rings. The number of nitriles is 1. The number of benzene rings is 1. The molecule has 122 valence electrons. The third-order valence-corrected chi connectivity index (χ3v) is 5.91. The van der Waals surface area contributed by atoms with Crippen LogP contribution >= 0.6 is 46.1 Å². The van der Waals surface area contributed by atoms with Gasteiger partial charge in [-0.3, -0.25) is 10.1 Å². The van der Waals surface area contributed by atoms with Gasteiger partial charge in [0.25, 0.3) is 5.91 Å². The molecule has 1 heterocycles. The average Bonchev–Trinajstić information content (AvgIpc) is 2.91. The second-order valence-electron chi connectivity index (χ2n) is 5.45. The predicted octanol–water partition coefficient (Wildman–Crippen LogP) is 4.23. The molecule has 1 aliphatic carbocycles. The van der Waals surface area contributed by atoms with Gasteiger partial charge in [0, 0.05) is 14.0 Å². The second-order valence-corrected chi connectivity index (χ2v) is 8.20. The molecule has 24 heavy (non-hydrogen) atoms. The Morgan fingerprint density at radius 2 is 2.12 bits per heavy atom. The highest BCUT2D eigenvalue weighted by Gasteiger charge is 2.21. The van der Waals surface area contributed by atoms with Crippen LogP contribution in [0.15, 0.2) is 24.3 Å². The number of halogens is 1. The SMILES string of the molecule is N#Cc1c(NC(=S)NC(=O)c2cccc(I)c2)sc2c1CCCC2. The number of anilines is 1. The highest BCUT2D eigenvalue weighted by molar-refractivity contribution is 14.1. The summed E-state index contributed by atoms with van der Waals surface area (Å²) in [5, 5.41) is 16.1. The molecule has 2 N–H and O–H groups in total. The van der Waals surface area contributed by atoms with Gasteiger partial charge in [0.15, 0.2) is 5.11 Å². The van der Waals surface area contributed by atoms with Gasteiger partial charge in [-0.15, -0.1) is 11.3 Å². The number of nitrogens with zero attached hydrogens (tertiary/aromatic N) is 1. The maximum atomic E-state index is 12.2. The number of carbonyl (C=O) groups is 1. The molecule has 0 atom stereocenters. The van der Waals surface area contributed by atoms with Gasteiger partial charge in [0.05, 0.1) is 5.56 Å². The molecule has 0 aliphatic heterocycles. The first-order valence-electron chi connectivity index (χ1n) is 7.51. The van der Waals surface area contributed by atoms with Crippen LogP contribution in [0.25, 0.3) is 0 Å². The summed E-state index contributed by atoms with van der Waals surface area (Å²) < 4.78 is 0.983. The number of hydrogen-bond acceptors (Lipinski definition) is 4. The summed E-state index contributed by atoms with van der Waals surface area (Å²) in [6.07, 6.45) is 4.23. The van der Waals surface area contributed by atoms with E-state index < -0.39 is 0 Å². The molecular weight excluding hydrogens is 453 g/mol. The molecule has 0 fully saturated rings. The van der Waals surface area contributed by atoms with Crippen molar-refractivity contribution in [1.82, 2.24) is 5.32 Å². The number of thiophene rings is 1. The minimum Gasteiger partial charge on any atom is -0.323 e. The van der Waals surface area contributed by atoms with Crippen molar-refractivity contribution in [2.24, 2.45) is 0 Å². The first kappa shape index (κ1) is 17.3. The number of carbonyl (C=O) groups excluding carboxylic acids is 1. The number of rotatable bonds is 2. The molecule has 1 amide bonds. The minimum atomic E-state index is -0.258. The van der Waals surface area contributed by atoms with Gasteiger partial charge in [-0.2, -0.15) is 5.26 Å². The van der Waals surface area contributed by atoms with E-state index in [0.717, 1.165) is 39.8 Å². The summed E-state index contributed by atoms with van der Waals surface area (Å²) >= 11 is 8.97. The maximum Gasteiger partial charge on any atom is 0.257 e. The van der Waals surface area contributed by atoms with E-state index in [9.17, 15) is 10.1 Å². The average molecular weight is 467 g/mol. The Bertz CT molecular complexity index is 854. The van der Waals surface area contributed by atoms with Crippen molar-refractivity contribution in [1.29, 1.82) is 5.26 Å². The number of nitrogens with one attached hydrogen (secondary N) is 2. The molecule has 7 heteroatoms. The van der Waals surface area contributed by atoms with Gasteiger partial charge in [0.2, 0.25) is 0 Å². The van der Waals surface area contributed by atoms with E-state index in [-0.39, 0.29) is 11.0 Å². The van der Waals surface area contributed by atoms with E-state index in [4.69, 9.17) is 12.2 Å². The van der Waals surface area contributed by atoms with Crippen LogP contribution in [0.4, 0.5) is 5.00 Å². The topological polar surface area (TPSA) is 64.9 Å². The number of thiocarbonyl (C=S) groups is 1. The molecule has 3 rings (SSSR count). The van der Waals surface area contributed by atoms with Gasteiger partial charge in [0.1, 0.15) is 11.1 Å². The lowest BCUT2D eigenvalue weighted by Gasteiger charge is -2.10. The lowest BCUT2D eigenvalue weighted by atomic mass is 9.96. The van der Waals surface area contributed by atoms with Crippen LogP contribution in [-0.4, -0.2) is 11.0 Å². The van der Waals surface area contributed by atoms with Crippen molar-refractivity contribution in [2.45, 2.75) is 25.7 Å². The molecule has 1 aromatic carbocycles. The standard InChI is InChI=1S/C17H14IN3OS2/c18-11-5-3-4-10(8-11)15(22)20-17(23)21-16-13(9-19)12-6-1-2-7-14(12)24-16/h3-5,8H,1-2,6-7H2,(H2,20,21,22,23). The van der Waals surface area contributed by atoms with E-state index in [0.29, 0.717) is 11.1 Å². The third-order valence-electron chi connectivity index (χ3n) is 3.82. The summed E-state index contributed by atoms with van der Waals surface area (Å²) in [5.41, 5.74) is 2.36. The maximum absolute atomic E-state index is 12.2. The summed E-state index contributed by atoms with van der Waals surface area (Å²) in [7, 11) is 0. The van der Waals surface area contributed by atoms with E-state index in [2.05, 4.69) is 39.3 Å². The van der Waals surface area contributed by atoms with Gasteiger partial charge in [-0.1, -0.05) is 6.07 Å². The van der Waals surface area contributed by atoms with E-state index >= 15 is 0 Å². The molecule has 0 unspecified atom stereocenters. The number of amides is 1. The molecular formula is C17H14IN3OS2. The van der Waals surface area contributed by atoms with E-state index in [1.54, 1.807) is 23.5 Å². The van der Waals surface area contributed by atoms with Crippen LogP contribution < -0.4 is 10.6 Å². The fourth-order valence-corrected chi connectivity index (χ4v) is 4.76. The van der Waals surface area contributed by atoms with Crippen molar-refractivity contribution in [2.75, 3.05) is 5.32 Å². The first-order chi connectivity index (χ1) is 11.6. The quantitative estimate of drug-likeness (QED) is 0.513. The zero-order valence-corrected chi connectivity index (χ0v) is 16.5. The molecule has 0 bridgehead atoms. The summed E-state index contributed by atoms with van der Waals surface area (Å²) in [6.45, 7) is 0. The number of hydrogen-bond donors (Lipinski definition) is 2. The van der Waals surface area contributed by atoms with Crippen LogP contribution in [0.1, 0.15) is 39.2 Å². The molecule has 0 saturated carbocycles. The Kier molecular flexibility index (Phi) is 5.48.